The normalized spacial score (nSPS) is 14.4. The van der Waals surface area contributed by atoms with E-state index in [4.69, 9.17) is 4.74 Å². The highest BCUT2D eigenvalue weighted by atomic mass is 16.6. The van der Waals surface area contributed by atoms with E-state index in [1.165, 1.54) is 48.5 Å². The molecule has 1 aliphatic rings. The molecule has 1 amide bonds. The predicted octanol–water partition coefficient (Wildman–Crippen LogP) is 4.74. The first-order valence-electron chi connectivity index (χ1n) is 8.18. The number of hydrogen-bond acceptors (Lipinski definition) is 4. The average molecular weight is 323 g/mol. The summed E-state index contributed by atoms with van der Waals surface area (Å²) >= 11 is 0. The summed E-state index contributed by atoms with van der Waals surface area (Å²) in [5.74, 6) is 0.356. The van der Waals surface area contributed by atoms with Crippen molar-refractivity contribution in [1.82, 2.24) is 9.97 Å². The molecule has 1 heterocycles. The molecule has 0 aliphatic heterocycles. The van der Waals surface area contributed by atoms with E-state index >= 15 is 0 Å². The van der Waals surface area contributed by atoms with Crippen molar-refractivity contribution in [3.8, 4) is 5.75 Å². The second-order valence-corrected chi connectivity index (χ2v) is 6.03. The number of nitrogens with zero attached hydrogens (tertiary/aromatic N) is 2. The van der Waals surface area contributed by atoms with Crippen LogP contribution >= 0.6 is 0 Å². The molecule has 3 rings (SSSR count). The number of benzene rings is 1. The number of aryl methyl sites for hydroxylation is 1. The van der Waals surface area contributed by atoms with E-state index < -0.39 is 6.09 Å². The number of amides is 1. The molecule has 0 atom stereocenters. The maximum absolute atomic E-state index is 12.0. The fourth-order valence-corrected chi connectivity index (χ4v) is 2.92. The highest BCUT2D eigenvalue weighted by molar-refractivity contribution is 5.86. The summed E-state index contributed by atoms with van der Waals surface area (Å²) in [4.78, 5) is 19.8. The number of rotatable bonds is 3. The Morgan fingerprint density at radius 3 is 2.58 bits per heavy atom. The van der Waals surface area contributed by atoms with Gasteiger partial charge >= 0.3 is 6.09 Å². The minimum absolute atomic E-state index is 0.356. The van der Waals surface area contributed by atoms with Crippen LogP contribution in [0.4, 0.5) is 10.5 Å². The van der Waals surface area contributed by atoms with E-state index in [9.17, 15) is 4.79 Å². The van der Waals surface area contributed by atoms with Crippen LogP contribution in [0.25, 0.3) is 5.57 Å². The van der Waals surface area contributed by atoms with Gasteiger partial charge in [-0.25, -0.2) is 14.8 Å². The number of anilines is 1. The molecule has 5 nitrogen and oxygen atoms in total. The number of allylic oxidation sites excluding steroid dienone is 2. The van der Waals surface area contributed by atoms with E-state index in [1.54, 1.807) is 6.92 Å². The molecule has 0 unspecified atom stereocenters. The van der Waals surface area contributed by atoms with Gasteiger partial charge in [0.15, 0.2) is 5.75 Å². The standard InChI is InChI=1S/C19H21N3O2/c1-13-5-3-4-6-17(13)15-7-9-16(10-8-15)22-19(23)24-18-11-20-12-21-14(18)2/h7-12H,3-6H2,1-2H3,(H,22,23). The van der Waals surface area contributed by atoms with Crippen molar-refractivity contribution in [2.45, 2.75) is 39.5 Å². The maximum Gasteiger partial charge on any atom is 0.417 e. The molecule has 0 spiro atoms. The molecule has 0 radical (unpaired) electrons. The molecule has 1 aromatic carbocycles. The third-order valence-electron chi connectivity index (χ3n) is 4.29. The lowest BCUT2D eigenvalue weighted by Gasteiger charge is -2.18. The Kier molecular flexibility index (Phi) is 4.89. The third-order valence-corrected chi connectivity index (χ3v) is 4.29. The first-order valence-corrected chi connectivity index (χ1v) is 8.18. The molecule has 0 bridgehead atoms. The summed E-state index contributed by atoms with van der Waals surface area (Å²) in [6.07, 6.45) is 7.19. The van der Waals surface area contributed by atoms with Crippen LogP contribution in [0.3, 0.4) is 0 Å². The Morgan fingerprint density at radius 1 is 1.12 bits per heavy atom. The number of carbonyl (C=O) groups is 1. The van der Waals surface area contributed by atoms with Crippen LogP contribution in [0.1, 0.15) is 43.9 Å². The van der Waals surface area contributed by atoms with Crippen molar-refractivity contribution in [2.75, 3.05) is 5.32 Å². The lowest BCUT2D eigenvalue weighted by molar-refractivity contribution is 0.214. The Bertz CT molecular complexity index is 766. The first-order chi connectivity index (χ1) is 11.6. The first kappa shape index (κ1) is 16.2. The van der Waals surface area contributed by atoms with Gasteiger partial charge in [-0.3, -0.25) is 5.32 Å². The lowest BCUT2D eigenvalue weighted by atomic mass is 9.88. The molecular weight excluding hydrogens is 302 g/mol. The molecule has 0 saturated heterocycles. The summed E-state index contributed by atoms with van der Waals surface area (Å²) < 4.78 is 5.23. The van der Waals surface area contributed by atoms with Gasteiger partial charge in [-0.05, 0) is 62.8 Å². The molecule has 1 aliphatic carbocycles. The van der Waals surface area contributed by atoms with Crippen molar-refractivity contribution >= 4 is 17.4 Å². The van der Waals surface area contributed by atoms with Gasteiger partial charge < -0.3 is 4.74 Å². The van der Waals surface area contributed by atoms with Crippen LogP contribution < -0.4 is 10.1 Å². The fourth-order valence-electron chi connectivity index (χ4n) is 2.92. The van der Waals surface area contributed by atoms with E-state index in [0.29, 0.717) is 17.1 Å². The second-order valence-electron chi connectivity index (χ2n) is 6.03. The van der Waals surface area contributed by atoms with Gasteiger partial charge in [0, 0.05) is 5.69 Å². The van der Waals surface area contributed by atoms with Gasteiger partial charge in [0.2, 0.25) is 0 Å². The van der Waals surface area contributed by atoms with Gasteiger partial charge in [-0.2, -0.15) is 0 Å². The number of nitrogens with one attached hydrogen (secondary N) is 1. The van der Waals surface area contributed by atoms with Crippen molar-refractivity contribution in [1.29, 1.82) is 0 Å². The number of carbonyl (C=O) groups excluding carboxylic acids is 1. The van der Waals surface area contributed by atoms with E-state index in [1.807, 2.05) is 12.1 Å². The number of hydrogen-bond donors (Lipinski definition) is 1. The molecule has 124 valence electrons. The van der Waals surface area contributed by atoms with Gasteiger partial charge in [-0.15, -0.1) is 0 Å². The van der Waals surface area contributed by atoms with Crippen LogP contribution in [0.2, 0.25) is 0 Å². The van der Waals surface area contributed by atoms with Crippen LogP contribution in [-0.2, 0) is 0 Å². The quantitative estimate of drug-likeness (QED) is 0.886. The summed E-state index contributed by atoms with van der Waals surface area (Å²) in [6.45, 7) is 3.97. The number of ether oxygens (including phenoxy) is 1. The highest BCUT2D eigenvalue weighted by Crippen LogP contribution is 2.32. The van der Waals surface area contributed by atoms with Gasteiger partial charge in [0.05, 0.1) is 11.9 Å². The summed E-state index contributed by atoms with van der Waals surface area (Å²) in [5.41, 5.74) is 5.47. The minimum atomic E-state index is -0.547. The van der Waals surface area contributed by atoms with Crippen molar-refractivity contribution in [2.24, 2.45) is 0 Å². The monoisotopic (exact) mass is 323 g/mol. The molecule has 0 saturated carbocycles. The van der Waals surface area contributed by atoms with Crippen LogP contribution in [0.5, 0.6) is 5.75 Å². The van der Waals surface area contributed by atoms with Gasteiger partial charge in [0.25, 0.3) is 0 Å². The maximum atomic E-state index is 12.0. The van der Waals surface area contributed by atoms with Gasteiger partial charge in [-0.1, -0.05) is 17.7 Å². The summed E-state index contributed by atoms with van der Waals surface area (Å²) in [5, 5.41) is 2.73. The summed E-state index contributed by atoms with van der Waals surface area (Å²) in [6, 6.07) is 7.91. The van der Waals surface area contributed by atoms with E-state index in [-0.39, 0.29) is 0 Å². The zero-order valence-electron chi connectivity index (χ0n) is 14.0. The smallest absolute Gasteiger partial charge is 0.406 e. The Labute approximate surface area is 141 Å². The highest BCUT2D eigenvalue weighted by Gasteiger charge is 2.12. The molecule has 5 heteroatoms. The van der Waals surface area contributed by atoms with Crippen molar-refractivity contribution in [3.63, 3.8) is 0 Å². The Hall–Kier alpha value is -2.69. The van der Waals surface area contributed by atoms with Crippen LogP contribution in [-0.4, -0.2) is 16.1 Å². The topological polar surface area (TPSA) is 64.1 Å². The van der Waals surface area contributed by atoms with Crippen molar-refractivity contribution < 1.29 is 9.53 Å². The van der Waals surface area contributed by atoms with Crippen LogP contribution in [0.15, 0.2) is 42.4 Å². The largest absolute Gasteiger partial charge is 0.417 e. The second kappa shape index (κ2) is 7.25. The van der Waals surface area contributed by atoms with E-state index in [2.05, 4.69) is 34.3 Å². The lowest BCUT2D eigenvalue weighted by Crippen LogP contribution is -2.17. The van der Waals surface area contributed by atoms with E-state index in [0.717, 1.165) is 6.42 Å². The zero-order valence-corrected chi connectivity index (χ0v) is 14.0. The SMILES string of the molecule is CC1=C(c2ccc(NC(=O)Oc3cncnc3C)cc2)CCCC1. The molecule has 0 fully saturated rings. The minimum Gasteiger partial charge on any atom is -0.406 e. The molecular formula is C19H21N3O2. The number of aromatic nitrogens is 2. The Morgan fingerprint density at radius 2 is 1.88 bits per heavy atom. The third kappa shape index (κ3) is 3.79. The van der Waals surface area contributed by atoms with Crippen LogP contribution in [0, 0.1) is 6.92 Å². The average Bonchev–Trinajstić information content (AvgIpc) is 2.58. The summed E-state index contributed by atoms with van der Waals surface area (Å²) in [7, 11) is 0. The fraction of sp³-hybridized carbons (Fsp3) is 0.316. The predicted molar refractivity (Wildman–Crippen MR) is 93.9 cm³/mol. The zero-order chi connectivity index (χ0) is 16.9. The molecule has 2 aromatic rings. The molecule has 1 N–H and O–H groups in total. The Balaban J connectivity index is 1.66. The molecule has 1 aromatic heterocycles. The van der Waals surface area contributed by atoms with Gasteiger partial charge in [0.1, 0.15) is 6.33 Å². The molecule has 24 heavy (non-hydrogen) atoms. The van der Waals surface area contributed by atoms with Crippen molar-refractivity contribution in [3.05, 3.63) is 53.6 Å².